The van der Waals surface area contributed by atoms with Crippen LogP contribution in [-0.2, 0) is 35.6 Å². The Labute approximate surface area is 223 Å². The van der Waals surface area contributed by atoms with E-state index in [1.807, 2.05) is 13.8 Å². The topological polar surface area (TPSA) is 178 Å². The van der Waals surface area contributed by atoms with Crippen LogP contribution in [0.15, 0.2) is 24.3 Å². The molecule has 0 spiro atoms. The van der Waals surface area contributed by atoms with E-state index in [-0.39, 0.29) is 49.4 Å². The first kappa shape index (κ1) is 29.6. The van der Waals surface area contributed by atoms with Crippen molar-refractivity contribution in [3.8, 4) is 5.75 Å². The Morgan fingerprint density at radius 2 is 1.92 bits per heavy atom. The second-order valence-electron chi connectivity index (χ2n) is 10.6. The summed E-state index contributed by atoms with van der Waals surface area (Å²) >= 11 is 0. The predicted molar refractivity (Wildman–Crippen MR) is 141 cm³/mol. The number of hydrogen-bond donors (Lipinski definition) is 4. The maximum absolute atomic E-state index is 13.3. The predicted octanol–water partition coefficient (Wildman–Crippen LogP) is 1.64. The van der Waals surface area contributed by atoms with Crippen LogP contribution in [0.2, 0.25) is 0 Å². The normalized spacial score (nSPS) is 22.6. The Kier molecular flexibility index (Phi) is 9.19. The summed E-state index contributed by atoms with van der Waals surface area (Å²) < 4.78 is 39.8. The third-order valence-corrected chi connectivity index (χ3v) is 9.44. The smallest absolute Gasteiger partial charge is 0.324 e. The summed E-state index contributed by atoms with van der Waals surface area (Å²) in [6.07, 6.45) is 2.42. The molecule has 1 amide bonds. The van der Waals surface area contributed by atoms with Gasteiger partial charge in [-0.2, -0.15) is 0 Å². The second-order valence-corrected chi connectivity index (χ2v) is 12.4. The number of guanidine groups is 1. The van der Waals surface area contributed by atoms with Crippen molar-refractivity contribution in [1.29, 1.82) is 5.41 Å². The minimum atomic E-state index is -3.98. The van der Waals surface area contributed by atoms with Gasteiger partial charge in [0.1, 0.15) is 17.6 Å². The number of fused-ring (bicyclic) bond motifs is 2. The molecule has 5 N–H and O–H groups in total. The minimum Gasteiger partial charge on any atom is -0.494 e. The number of nitrogens with two attached hydrogens (primary N) is 1. The summed E-state index contributed by atoms with van der Waals surface area (Å²) in [5.74, 6) is -1.06. The maximum atomic E-state index is 13.3. The second kappa shape index (κ2) is 11.8. The van der Waals surface area contributed by atoms with Crippen molar-refractivity contribution >= 4 is 33.6 Å². The van der Waals surface area contributed by atoms with Gasteiger partial charge < -0.3 is 15.2 Å². The zero-order chi connectivity index (χ0) is 28.1. The summed E-state index contributed by atoms with van der Waals surface area (Å²) in [5.41, 5.74) is 4.46. The lowest BCUT2D eigenvalue weighted by Crippen LogP contribution is -2.50. The van der Waals surface area contributed by atoms with Crippen LogP contribution in [0.25, 0.3) is 0 Å². The number of sulfonamides is 1. The molecular formula is C26H38N4O7S. The van der Waals surface area contributed by atoms with Crippen molar-refractivity contribution in [2.45, 2.75) is 65.3 Å². The first-order valence-corrected chi connectivity index (χ1v) is 14.5. The molecule has 11 nitrogen and oxygen atoms in total. The van der Waals surface area contributed by atoms with Crippen LogP contribution in [0, 0.1) is 22.2 Å². The fraction of sp³-hybridized carbons (Fsp3) is 0.615. The molecule has 2 unspecified atom stereocenters. The summed E-state index contributed by atoms with van der Waals surface area (Å²) in [7, 11) is -3.98. The number of carbonyl (C=O) groups excluding carboxylic acids is 3. The molecule has 2 aliphatic rings. The summed E-state index contributed by atoms with van der Waals surface area (Å²) in [4.78, 5) is 37.0. The molecule has 1 aromatic carbocycles. The molecule has 0 aromatic heterocycles. The van der Waals surface area contributed by atoms with Crippen molar-refractivity contribution in [3.63, 3.8) is 0 Å². The lowest BCUT2D eigenvalue weighted by molar-refractivity contribution is -0.145. The van der Waals surface area contributed by atoms with E-state index in [2.05, 4.69) is 10.0 Å². The van der Waals surface area contributed by atoms with E-state index < -0.39 is 38.8 Å². The Morgan fingerprint density at radius 3 is 2.47 bits per heavy atom. The third-order valence-electron chi connectivity index (χ3n) is 7.92. The standard InChI is InChI=1S/C26H38N4O7S/c1-4-36-23(33)20(30-38(34,35)16-26-12-11-18(15-21(26)31)25(26,2)3)14-17-7-9-19(10-8-17)37-13-5-6-22(32)29-24(27)28/h7-10,18,20,30H,4-6,11-16H2,1-3H3,(H4,27,28,29,32)/t18?,20-,26?/m0/s1. The average Bonchev–Trinajstić information content (AvgIpc) is 3.16. The van der Waals surface area contributed by atoms with Crippen molar-refractivity contribution in [3.05, 3.63) is 29.8 Å². The molecule has 2 saturated carbocycles. The monoisotopic (exact) mass is 550 g/mol. The van der Waals surface area contributed by atoms with Gasteiger partial charge in [-0.3, -0.25) is 25.1 Å². The van der Waals surface area contributed by atoms with Crippen molar-refractivity contribution in [2.75, 3.05) is 19.0 Å². The van der Waals surface area contributed by atoms with Crippen LogP contribution in [0.5, 0.6) is 5.75 Å². The number of amides is 1. The first-order chi connectivity index (χ1) is 17.8. The molecule has 1 aromatic rings. The highest BCUT2D eigenvalue weighted by Crippen LogP contribution is 2.64. The van der Waals surface area contributed by atoms with Gasteiger partial charge in [-0.25, -0.2) is 13.1 Å². The van der Waals surface area contributed by atoms with Crippen LogP contribution < -0.4 is 20.5 Å². The number of carbonyl (C=O) groups is 3. The molecule has 0 saturated heterocycles. The number of rotatable bonds is 13. The Balaban J connectivity index is 1.62. The number of nitrogens with one attached hydrogen (secondary N) is 3. The average molecular weight is 551 g/mol. The molecule has 3 atom stereocenters. The quantitative estimate of drug-likeness (QED) is 0.124. The number of esters is 1. The molecule has 3 rings (SSSR count). The highest BCUT2D eigenvalue weighted by atomic mass is 32.2. The molecule has 2 aliphatic carbocycles. The number of Topliss-reactive ketones (excluding diaryl/α,β-unsaturated/α-hetero) is 1. The van der Waals surface area contributed by atoms with Crippen LogP contribution in [-0.4, -0.2) is 57.0 Å². The van der Waals surface area contributed by atoms with Gasteiger partial charge in [0.2, 0.25) is 15.9 Å². The number of hydrogen-bond acceptors (Lipinski definition) is 8. The highest BCUT2D eigenvalue weighted by molar-refractivity contribution is 7.89. The lowest BCUT2D eigenvalue weighted by atomic mass is 9.70. The summed E-state index contributed by atoms with van der Waals surface area (Å²) in [6, 6.07) is 5.70. The van der Waals surface area contributed by atoms with E-state index in [4.69, 9.17) is 20.6 Å². The minimum absolute atomic E-state index is 0.00752. The fourth-order valence-corrected chi connectivity index (χ4v) is 7.72. The van der Waals surface area contributed by atoms with Crippen LogP contribution in [0.3, 0.4) is 0 Å². The van der Waals surface area contributed by atoms with Gasteiger partial charge in [-0.15, -0.1) is 0 Å². The van der Waals surface area contributed by atoms with Gasteiger partial charge in [-0.1, -0.05) is 26.0 Å². The van der Waals surface area contributed by atoms with E-state index in [0.29, 0.717) is 30.6 Å². The highest BCUT2D eigenvalue weighted by Gasteiger charge is 2.65. The Bertz CT molecular complexity index is 1170. The molecule has 12 heteroatoms. The Morgan fingerprint density at radius 1 is 1.24 bits per heavy atom. The molecular weight excluding hydrogens is 512 g/mol. The van der Waals surface area contributed by atoms with Crippen molar-refractivity contribution < 1.29 is 32.3 Å². The number of ketones is 1. The third kappa shape index (κ3) is 6.71. The summed E-state index contributed by atoms with van der Waals surface area (Å²) in [5, 5.41) is 9.23. The molecule has 0 heterocycles. The van der Waals surface area contributed by atoms with E-state index in [0.717, 1.165) is 6.42 Å². The lowest BCUT2D eigenvalue weighted by Gasteiger charge is -2.36. The van der Waals surface area contributed by atoms with E-state index in [1.165, 1.54) is 0 Å². The zero-order valence-corrected chi connectivity index (χ0v) is 23.0. The fourth-order valence-electron chi connectivity index (χ4n) is 5.70. The van der Waals surface area contributed by atoms with Gasteiger partial charge in [0.25, 0.3) is 0 Å². The van der Waals surface area contributed by atoms with Gasteiger partial charge in [0.15, 0.2) is 5.96 Å². The van der Waals surface area contributed by atoms with Gasteiger partial charge in [0.05, 0.1) is 19.0 Å². The van der Waals surface area contributed by atoms with Crippen molar-refractivity contribution in [2.24, 2.45) is 22.5 Å². The maximum Gasteiger partial charge on any atom is 0.324 e. The zero-order valence-electron chi connectivity index (χ0n) is 22.2. The van der Waals surface area contributed by atoms with E-state index >= 15 is 0 Å². The van der Waals surface area contributed by atoms with Crippen LogP contribution in [0.4, 0.5) is 0 Å². The summed E-state index contributed by atoms with van der Waals surface area (Å²) in [6.45, 7) is 5.96. The van der Waals surface area contributed by atoms with Crippen LogP contribution in [0.1, 0.15) is 58.4 Å². The van der Waals surface area contributed by atoms with Gasteiger partial charge in [-0.05, 0) is 61.6 Å². The molecule has 0 radical (unpaired) electrons. The van der Waals surface area contributed by atoms with Gasteiger partial charge in [0, 0.05) is 18.3 Å². The Hall–Kier alpha value is -2.99. The number of ether oxygens (including phenoxy) is 2. The SMILES string of the molecule is CCOC(=O)[C@H](Cc1ccc(OCCCC(=O)NC(=N)N)cc1)NS(=O)(=O)CC12CCC(CC1=O)C2(C)C. The van der Waals surface area contributed by atoms with Crippen molar-refractivity contribution in [1.82, 2.24) is 10.0 Å². The van der Waals surface area contributed by atoms with E-state index in [9.17, 15) is 22.8 Å². The first-order valence-electron chi connectivity index (χ1n) is 12.8. The molecule has 38 heavy (non-hydrogen) atoms. The molecule has 2 fully saturated rings. The molecule has 0 aliphatic heterocycles. The molecule has 2 bridgehead atoms. The van der Waals surface area contributed by atoms with Crippen LogP contribution >= 0.6 is 0 Å². The van der Waals surface area contributed by atoms with Gasteiger partial charge >= 0.3 is 5.97 Å². The number of benzene rings is 1. The molecule has 210 valence electrons. The largest absolute Gasteiger partial charge is 0.494 e. The van der Waals surface area contributed by atoms with E-state index in [1.54, 1.807) is 31.2 Å².